The van der Waals surface area contributed by atoms with Gasteiger partial charge in [-0.25, -0.2) is 4.79 Å². The van der Waals surface area contributed by atoms with Gasteiger partial charge in [0, 0.05) is 18.1 Å². The lowest BCUT2D eigenvalue weighted by Gasteiger charge is -2.54. The average Bonchev–Trinajstić information content (AvgIpc) is 2.53. The van der Waals surface area contributed by atoms with Crippen LogP contribution in [0.3, 0.4) is 0 Å². The molecule has 0 aromatic heterocycles. The molecule has 0 aliphatic heterocycles. The van der Waals surface area contributed by atoms with E-state index in [1.165, 1.54) is 6.42 Å². The Labute approximate surface area is 138 Å². The predicted octanol–water partition coefficient (Wildman–Crippen LogP) is 3.63. The quantitative estimate of drug-likeness (QED) is 0.472. The van der Waals surface area contributed by atoms with Gasteiger partial charge in [0.15, 0.2) is 0 Å². The third-order valence-corrected chi connectivity index (χ3v) is 5.25. The number of nitro groups is 2. The fourth-order valence-electron chi connectivity index (χ4n) is 4.08. The first-order valence-corrected chi connectivity index (χ1v) is 7.97. The molecular weight excluding hydrogens is 316 g/mol. The second-order valence-electron chi connectivity index (χ2n) is 6.81. The van der Waals surface area contributed by atoms with E-state index in [4.69, 9.17) is 4.74 Å². The van der Waals surface area contributed by atoms with Crippen molar-refractivity contribution < 1.29 is 19.4 Å². The number of non-ortho nitro benzene ring substituents is 2. The van der Waals surface area contributed by atoms with E-state index in [-0.39, 0.29) is 5.56 Å². The largest absolute Gasteiger partial charge is 0.455 e. The van der Waals surface area contributed by atoms with Crippen LogP contribution < -0.4 is 0 Å². The summed E-state index contributed by atoms with van der Waals surface area (Å²) in [5.41, 5.74) is -1.73. The summed E-state index contributed by atoms with van der Waals surface area (Å²) in [6.45, 7) is 1.88. The maximum absolute atomic E-state index is 12.4. The van der Waals surface area contributed by atoms with E-state index < -0.39 is 32.8 Å². The van der Waals surface area contributed by atoms with E-state index in [2.05, 4.69) is 0 Å². The first-order chi connectivity index (χ1) is 11.3. The summed E-state index contributed by atoms with van der Waals surface area (Å²) >= 11 is 0. The molecule has 0 radical (unpaired) electrons. The molecule has 3 atom stereocenters. The zero-order valence-corrected chi connectivity index (χ0v) is 13.3. The van der Waals surface area contributed by atoms with Crippen LogP contribution in [0.5, 0.6) is 0 Å². The molecule has 0 saturated heterocycles. The first-order valence-electron chi connectivity index (χ1n) is 7.97. The third kappa shape index (κ3) is 2.83. The molecule has 2 aliphatic carbocycles. The molecule has 0 spiro atoms. The summed E-state index contributed by atoms with van der Waals surface area (Å²) in [6, 6.07) is 2.88. The van der Waals surface area contributed by atoms with E-state index in [1.807, 2.05) is 6.92 Å². The minimum atomic E-state index is -0.758. The summed E-state index contributed by atoms with van der Waals surface area (Å²) in [4.78, 5) is 32.7. The van der Waals surface area contributed by atoms with Crippen LogP contribution in [0.2, 0.25) is 0 Å². The second-order valence-corrected chi connectivity index (χ2v) is 6.81. The summed E-state index contributed by atoms with van der Waals surface area (Å²) in [5.74, 6) is 0.133. The Morgan fingerprint density at radius 1 is 1.12 bits per heavy atom. The molecule has 2 fully saturated rings. The Kier molecular flexibility index (Phi) is 3.98. The maximum Gasteiger partial charge on any atom is 0.339 e. The molecule has 0 unspecified atom stereocenters. The van der Waals surface area contributed by atoms with Crippen molar-refractivity contribution in [2.24, 2.45) is 11.8 Å². The lowest BCUT2D eigenvalue weighted by Crippen LogP contribution is -2.55. The van der Waals surface area contributed by atoms with Gasteiger partial charge in [-0.15, -0.1) is 0 Å². The highest BCUT2D eigenvalue weighted by molar-refractivity contribution is 5.91. The minimum absolute atomic E-state index is 0.156. The fraction of sp³-hybridized carbons (Fsp3) is 0.562. The Balaban J connectivity index is 1.82. The Morgan fingerprint density at radius 2 is 1.71 bits per heavy atom. The molecule has 0 N–H and O–H groups in total. The van der Waals surface area contributed by atoms with Crippen LogP contribution in [0.15, 0.2) is 18.2 Å². The number of carbonyl (C=O) groups is 1. The second kappa shape index (κ2) is 5.85. The Bertz CT molecular complexity index is 686. The van der Waals surface area contributed by atoms with Crippen molar-refractivity contribution in [2.45, 2.75) is 44.6 Å². The summed E-state index contributed by atoms with van der Waals surface area (Å²) in [6.07, 6.45) is 5.23. The van der Waals surface area contributed by atoms with Gasteiger partial charge >= 0.3 is 5.97 Å². The molecule has 1 aromatic rings. The van der Waals surface area contributed by atoms with Crippen LogP contribution in [0.4, 0.5) is 11.4 Å². The summed E-state index contributed by atoms with van der Waals surface area (Å²) in [7, 11) is 0. The number of carbonyl (C=O) groups excluding carboxylic acids is 1. The van der Waals surface area contributed by atoms with Gasteiger partial charge in [0.2, 0.25) is 0 Å². The van der Waals surface area contributed by atoms with Gasteiger partial charge in [-0.3, -0.25) is 20.2 Å². The zero-order chi connectivity index (χ0) is 17.5. The van der Waals surface area contributed by atoms with Crippen molar-refractivity contribution in [1.29, 1.82) is 0 Å². The SMILES string of the molecule is C[C@@]1(OC(=O)c2cc([N+](=O)[O-])cc([N+](=O)[O-])c2)C[C@@H]2CCCC[C@@H]21. The zero-order valence-electron chi connectivity index (χ0n) is 13.3. The van der Waals surface area contributed by atoms with Crippen LogP contribution in [-0.2, 0) is 4.74 Å². The number of esters is 1. The molecule has 2 aliphatic rings. The standard InChI is InChI=1S/C16H18N2O6/c1-16(9-10-4-2-3-5-14(10)16)24-15(19)11-6-12(17(20)21)8-13(7-11)18(22)23/h6-8,10,14H,2-5,9H2,1H3/t10-,14-,16+/m0/s1. The molecule has 0 heterocycles. The van der Waals surface area contributed by atoms with Crippen LogP contribution in [-0.4, -0.2) is 21.4 Å². The van der Waals surface area contributed by atoms with Gasteiger partial charge < -0.3 is 4.74 Å². The third-order valence-electron chi connectivity index (χ3n) is 5.25. The Morgan fingerprint density at radius 3 is 2.25 bits per heavy atom. The number of rotatable bonds is 4. The van der Waals surface area contributed by atoms with E-state index in [9.17, 15) is 25.0 Å². The van der Waals surface area contributed by atoms with Gasteiger partial charge in [0.1, 0.15) is 5.60 Å². The smallest absolute Gasteiger partial charge is 0.339 e. The summed E-state index contributed by atoms with van der Waals surface area (Å²) in [5, 5.41) is 21.8. The lowest BCUT2D eigenvalue weighted by molar-refractivity contribution is -0.394. The number of hydrogen-bond donors (Lipinski definition) is 0. The molecular formula is C16H18N2O6. The van der Waals surface area contributed by atoms with Crippen molar-refractivity contribution in [3.8, 4) is 0 Å². The number of fused-ring (bicyclic) bond motifs is 1. The van der Waals surface area contributed by atoms with Crippen molar-refractivity contribution >= 4 is 17.3 Å². The molecule has 24 heavy (non-hydrogen) atoms. The van der Waals surface area contributed by atoms with E-state index in [1.54, 1.807) is 0 Å². The van der Waals surface area contributed by atoms with Crippen molar-refractivity contribution in [2.75, 3.05) is 0 Å². The van der Waals surface area contributed by atoms with Gasteiger partial charge in [0.25, 0.3) is 11.4 Å². The van der Waals surface area contributed by atoms with E-state index >= 15 is 0 Å². The number of nitro benzene ring substituents is 2. The topological polar surface area (TPSA) is 113 Å². The van der Waals surface area contributed by atoms with Crippen LogP contribution >= 0.6 is 0 Å². The maximum atomic E-state index is 12.4. The van der Waals surface area contributed by atoms with E-state index in [0.717, 1.165) is 43.9 Å². The lowest BCUT2D eigenvalue weighted by atomic mass is 9.56. The van der Waals surface area contributed by atoms with Gasteiger partial charge in [-0.1, -0.05) is 12.8 Å². The molecule has 2 saturated carbocycles. The minimum Gasteiger partial charge on any atom is -0.455 e. The molecule has 8 nitrogen and oxygen atoms in total. The van der Waals surface area contributed by atoms with Crippen LogP contribution in [0.25, 0.3) is 0 Å². The predicted molar refractivity (Wildman–Crippen MR) is 83.6 cm³/mol. The number of benzene rings is 1. The van der Waals surface area contributed by atoms with Gasteiger partial charge in [0.05, 0.1) is 21.5 Å². The normalized spacial score (nSPS) is 28.4. The molecule has 8 heteroatoms. The van der Waals surface area contributed by atoms with Gasteiger partial charge in [-0.2, -0.15) is 0 Å². The highest BCUT2D eigenvalue weighted by atomic mass is 16.6. The first kappa shape index (κ1) is 16.4. The van der Waals surface area contributed by atoms with E-state index in [0.29, 0.717) is 11.8 Å². The molecule has 0 amide bonds. The number of nitrogens with zero attached hydrogens (tertiary/aromatic N) is 2. The number of hydrogen-bond acceptors (Lipinski definition) is 6. The van der Waals surface area contributed by atoms with Crippen molar-refractivity contribution in [3.05, 3.63) is 44.0 Å². The van der Waals surface area contributed by atoms with Crippen molar-refractivity contribution in [3.63, 3.8) is 0 Å². The molecule has 0 bridgehead atoms. The average molecular weight is 334 g/mol. The highest BCUT2D eigenvalue weighted by Crippen LogP contribution is 2.53. The molecule has 3 rings (SSSR count). The summed E-state index contributed by atoms with van der Waals surface area (Å²) < 4.78 is 5.61. The molecule has 1 aromatic carbocycles. The highest BCUT2D eigenvalue weighted by Gasteiger charge is 2.53. The van der Waals surface area contributed by atoms with Crippen LogP contribution in [0.1, 0.15) is 49.4 Å². The van der Waals surface area contributed by atoms with Gasteiger partial charge in [-0.05, 0) is 32.1 Å². The molecule has 128 valence electrons. The monoisotopic (exact) mass is 334 g/mol. The Hall–Kier alpha value is -2.51. The van der Waals surface area contributed by atoms with Crippen LogP contribution in [0, 0.1) is 32.1 Å². The van der Waals surface area contributed by atoms with Crippen molar-refractivity contribution in [1.82, 2.24) is 0 Å². The number of ether oxygens (including phenoxy) is 1. The fourth-order valence-corrected chi connectivity index (χ4v) is 4.08.